The van der Waals surface area contributed by atoms with Crippen LogP contribution in [-0.4, -0.2) is 39.8 Å². The Morgan fingerprint density at radius 3 is 2.95 bits per heavy atom. The van der Waals surface area contributed by atoms with Gasteiger partial charge in [-0.2, -0.15) is 4.98 Å². The number of piperidine rings is 1. The van der Waals surface area contributed by atoms with Crippen molar-refractivity contribution in [2.75, 3.05) is 19.7 Å². The van der Waals surface area contributed by atoms with Crippen molar-refractivity contribution in [1.29, 1.82) is 0 Å². The molecule has 1 aliphatic rings. The Balaban J connectivity index is 1.92. The summed E-state index contributed by atoms with van der Waals surface area (Å²) in [5.41, 5.74) is 5.37. The molecule has 19 heavy (non-hydrogen) atoms. The van der Waals surface area contributed by atoms with Gasteiger partial charge >= 0.3 is 0 Å². The summed E-state index contributed by atoms with van der Waals surface area (Å²) in [6.45, 7) is 6.70. The number of aromatic nitrogens is 2. The third-order valence-electron chi connectivity index (χ3n) is 3.54. The first-order valence-electron chi connectivity index (χ1n) is 6.94. The van der Waals surface area contributed by atoms with Crippen molar-refractivity contribution in [1.82, 2.24) is 15.0 Å². The first-order valence-corrected chi connectivity index (χ1v) is 6.94. The van der Waals surface area contributed by atoms with E-state index in [0.717, 1.165) is 25.9 Å². The lowest BCUT2D eigenvalue weighted by atomic mass is 9.95. The second-order valence-corrected chi connectivity index (χ2v) is 5.99. The molecule has 1 aliphatic heterocycles. The predicted molar refractivity (Wildman–Crippen MR) is 71.2 cm³/mol. The Kier molecular flexibility index (Phi) is 4.54. The SMILES string of the molecule is CC(C)(N)c1noc(CN2CCCC(CCO)C2)n1. The maximum Gasteiger partial charge on any atom is 0.240 e. The molecule has 0 aliphatic carbocycles. The van der Waals surface area contributed by atoms with Gasteiger partial charge in [-0.05, 0) is 45.6 Å². The van der Waals surface area contributed by atoms with Crippen LogP contribution in [0.2, 0.25) is 0 Å². The van der Waals surface area contributed by atoms with Crippen molar-refractivity contribution >= 4 is 0 Å². The molecule has 0 radical (unpaired) electrons. The van der Waals surface area contributed by atoms with Crippen LogP contribution < -0.4 is 5.73 Å². The molecule has 1 aromatic heterocycles. The van der Waals surface area contributed by atoms with Crippen molar-refractivity contribution in [3.8, 4) is 0 Å². The lowest BCUT2D eigenvalue weighted by Crippen LogP contribution is -2.35. The number of nitrogens with two attached hydrogens (primary N) is 1. The van der Waals surface area contributed by atoms with E-state index in [1.807, 2.05) is 13.8 Å². The van der Waals surface area contributed by atoms with Crippen LogP contribution in [0, 0.1) is 5.92 Å². The van der Waals surface area contributed by atoms with Crippen LogP contribution in [-0.2, 0) is 12.1 Å². The molecule has 0 spiro atoms. The third kappa shape index (κ3) is 3.99. The number of aliphatic hydroxyl groups excluding tert-OH is 1. The van der Waals surface area contributed by atoms with Crippen molar-refractivity contribution in [3.05, 3.63) is 11.7 Å². The molecule has 0 saturated carbocycles. The third-order valence-corrected chi connectivity index (χ3v) is 3.54. The van der Waals surface area contributed by atoms with E-state index in [4.69, 9.17) is 15.4 Å². The van der Waals surface area contributed by atoms with E-state index in [9.17, 15) is 0 Å². The molecule has 1 atom stereocenters. The van der Waals surface area contributed by atoms with Gasteiger partial charge in [-0.3, -0.25) is 4.90 Å². The zero-order valence-electron chi connectivity index (χ0n) is 11.8. The summed E-state index contributed by atoms with van der Waals surface area (Å²) in [6.07, 6.45) is 3.23. The monoisotopic (exact) mass is 268 g/mol. The average molecular weight is 268 g/mol. The van der Waals surface area contributed by atoms with Crippen molar-refractivity contribution < 1.29 is 9.63 Å². The zero-order chi connectivity index (χ0) is 13.9. The quantitative estimate of drug-likeness (QED) is 0.823. The molecular formula is C13H24N4O2. The Bertz CT molecular complexity index is 398. The van der Waals surface area contributed by atoms with Crippen LogP contribution in [0.1, 0.15) is 44.8 Å². The molecule has 108 valence electrons. The number of nitrogens with zero attached hydrogens (tertiary/aromatic N) is 3. The van der Waals surface area contributed by atoms with Gasteiger partial charge in [0.2, 0.25) is 5.89 Å². The molecule has 0 bridgehead atoms. The molecule has 1 aromatic rings. The van der Waals surface area contributed by atoms with Crippen LogP contribution in [0.4, 0.5) is 0 Å². The standard InChI is InChI=1S/C13H24N4O2/c1-13(2,14)12-15-11(19-16-12)9-17-6-3-4-10(8-17)5-7-18/h10,18H,3-9,14H2,1-2H3. The highest BCUT2D eigenvalue weighted by Crippen LogP contribution is 2.21. The summed E-state index contributed by atoms with van der Waals surface area (Å²) in [6, 6.07) is 0. The molecule has 1 saturated heterocycles. The predicted octanol–water partition coefficient (Wildman–Crippen LogP) is 0.858. The molecule has 3 N–H and O–H groups in total. The van der Waals surface area contributed by atoms with E-state index in [2.05, 4.69) is 15.0 Å². The molecule has 2 heterocycles. The van der Waals surface area contributed by atoms with Gasteiger partial charge < -0.3 is 15.4 Å². The van der Waals surface area contributed by atoms with Gasteiger partial charge in [0.15, 0.2) is 5.82 Å². The van der Waals surface area contributed by atoms with Crippen molar-refractivity contribution in [2.24, 2.45) is 11.7 Å². The van der Waals surface area contributed by atoms with E-state index in [1.165, 1.54) is 6.42 Å². The van der Waals surface area contributed by atoms with Gasteiger partial charge in [0, 0.05) is 13.2 Å². The van der Waals surface area contributed by atoms with Gasteiger partial charge in [0.05, 0.1) is 12.1 Å². The van der Waals surface area contributed by atoms with Gasteiger partial charge in [0.25, 0.3) is 0 Å². The Hall–Kier alpha value is -0.980. The first kappa shape index (κ1) is 14.4. The van der Waals surface area contributed by atoms with Gasteiger partial charge in [-0.25, -0.2) is 0 Å². The largest absolute Gasteiger partial charge is 0.396 e. The number of hydrogen-bond acceptors (Lipinski definition) is 6. The van der Waals surface area contributed by atoms with Crippen molar-refractivity contribution in [2.45, 2.75) is 45.2 Å². The van der Waals surface area contributed by atoms with Crippen LogP contribution in [0.25, 0.3) is 0 Å². The Labute approximate surface area is 114 Å². The molecule has 6 nitrogen and oxygen atoms in total. The summed E-state index contributed by atoms with van der Waals surface area (Å²) < 4.78 is 5.26. The number of hydrogen-bond donors (Lipinski definition) is 2. The minimum absolute atomic E-state index is 0.268. The minimum atomic E-state index is -0.566. The van der Waals surface area contributed by atoms with Crippen molar-refractivity contribution in [3.63, 3.8) is 0 Å². The maximum atomic E-state index is 9.01. The Morgan fingerprint density at radius 2 is 2.32 bits per heavy atom. The van der Waals surface area contributed by atoms with E-state index in [0.29, 0.717) is 24.2 Å². The lowest BCUT2D eigenvalue weighted by molar-refractivity contribution is 0.130. The van der Waals surface area contributed by atoms with E-state index >= 15 is 0 Å². The number of aliphatic hydroxyl groups is 1. The highest BCUT2D eigenvalue weighted by molar-refractivity contribution is 4.99. The minimum Gasteiger partial charge on any atom is -0.396 e. The first-order chi connectivity index (χ1) is 8.99. The molecule has 1 fully saturated rings. The van der Waals surface area contributed by atoms with Crippen LogP contribution >= 0.6 is 0 Å². The lowest BCUT2D eigenvalue weighted by Gasteiger charge is -2.31. The second kappa shape index (κ2) is 5.98. The summed E-state index contributed by atoms with van der Waals surface area (Å²) in [4.78, 5) is 6.66. The summed E-state index contributed by atoms with van der Waals surface area (Å²) in [5, 5.41) is 12.9. The smallest absolute Gasteiger partial charge is 0.240 e. The number of rotatable bonds is 5. The molecule has 6 heteroatoms. The fourth-order valence-electron chi connectivity index (χ4n) is 2.49. The van der Waals surface area contributed by atoms with E-state index < -0.39 is 5.54 Å². The summed E-state index contributed by atoms with van der Waals surface area (Å²) in [7, 11) is 0. The van der Waals surface area contributed by atoms with Crippen LogP contribution in [0.15, 0.2) is 4.52 Å². The van der Waals surface area contributed by atoms with E-state index in [1.54, 1.807) is 0 Å². The van der Waals surface area contributed by atoms with Gasteiger partial charge in [0.1, 0.15) is 0 Å². The zero-order valence-corrected chi connectivity index (χ0v) is 11.8. The topological polar surface area (TPSA) is 88.4 Å². The highest BCUT2D eigenvalue weighted by atomic mass is 16.5. The molecular weight excluding hydrogens is 244 g/mol. The normalized spacial score (nSPS) is 21.8. The molecule has 2 rings (SSSR count). The van der Waals surface area contributed by atoms with E-state index in [-0.39, 0.29) is 6.61 Å². The average Bonchev–Trinajstić information content (AvgIpc) is 2.78. The molecule has 1 unspecified atom stereocenters. The number of likely N-dealkylation sites (tertiary alicyclic amines) is 1. The fourth-order valence-corrected chi connectivity index (χ4v) is 2.49. The van der Waals surface area contributed by atoms with Crippen LogP contribution in [0.5, 0.6) is 0 Å². The molecule has 0 aromatic carbocycles. The van der Waals surface area contributed by atoms with Gasteiger partial charge in [-0.1, -0.05) is 5.16 Å². The highest BCUT2D eigenvalue weighted by Gasteiger charge is 2.24. The van der Waals surface area contributed by atoms with Gasteiger partial charge in [-0.15, -0.1) is 0 Å². The molecule has 0 amide bonds. The van der Waals surface area contributed by atoms with Crippen LogP contribution in [0.3, 0.4) is 0 Å². The second-order valence-electron chi connectivity index (χ2n) is 5.99. The summed E-state index contributed by atoms with van der Waals surface area (Å²) in [5.74, 6) is 1.75. The maximum absolute atomic E-state index is 9.01. The fraction of sp³-hybridized carbons (Fsp3) is 0.846. The Morgan fingerprint density at radius 1 is 1.53 bits per heavy atom. The summed E-state index contributed by atoms with van der Waals surface area (Å²) >= 11 is 0.